The van der Waals surface area contributed by atoms with Crippen LogP contribution in [0.1, 0.15) is 42.5 Å². The van der Waals surface area contributed by atoms with Gasteiger partial charge in [-0.1, -0.05) is 24.3 Å². The fourth-order valence-electron chi connectivity index (χ4n) is 3.67. The van der Waals surface area contributed by atoms with Gasteiger partial charge in [-0.3, -0.25) is 9.59 Å². The van der Waals surface area contributed by atoms with Crippen molar-refractivity contribution in [3.05, 3.63) is 60.2 Å². The van der Waals surface area contributed by atoms with Gasteiger partial charge in [-0.15, -0.1) is 0 Å². The summed E-state index contributed by atoms with van der Waals surface area (Å²) in [5.41, 5.74) is 0.599. The van der Waals surface area contributed by atoms with Crippen LogP contribution in [0.4, 0.5) is 0 Å². The van der Waals surface area contributed by atoms with Gasteiger partial charge in [0.1, 0.15) is 11.5 Å². The van der Waals surface area contributed by atoms with E-state index in [0.29, 0.717) is 36.1 Å². The van der Waals surface area contributed by atoms with Crippen LogP contribution in [0.2, 0.25) is 0 Å². The smallest absolute Gasteiger partial charge is 0.251 e. The maximum Gasteiger partial charge on any atom is 0.251 e. The highest BCUT2D eigenvalue weighted by Crippen LogP contribution is 2.30. The van der Waals surface area contributed by atoms with E-state index in [1.54, 1.807) is 19.2 Å². The minimum absolute atomic E-state index is 0.0778. The first-order valence-electron chi connectivity index (χ1n) is 9.96. The number of hydrogen-bond acceptors (Lipinski definition) is 3. The summed E-state index contributed by atoms with van der Waals surface area (Å²) in [7, 11) is 1.68. The molecule has 5 heteroatoms. The molecular weight excluding hydrogens is 352 g/mol. The third-order valence-electron chi connectivity index (χ3n) is 5.35. The van der Waals surface area contributed by atoms with Crippen molar-refractivity contribution in [1.29, 1.82) is 0 Å². The van der Waals surface area contributed by atoms with E-state index in [2.05, 4.69) is 10.6 Å². The van der Waals surface area contributed by atoms with Gasteiger partial charge < -0.3 is 15.4 Å². The van der Waals surface area contributed by atoms with Crippen molar-refractivity contribution in [1.82, 2.24) is 10.6 Å². The molecule has 2 amide bonds. The van der Waals surface area contributed by atoms with Crippen LogP contribution in [0.25, 0.3) is 0 Å². The molecule has 0 heterocycles. The fraction of sp³-hybridized carbons (Fsp3) is 0.391. The molecule has 2 aromatic rings. The molecule has 1 saturated carbocycles. The molecule has 0 spiro atoms. The Morgan fingerprint density at radius 3 is 2.32 bits per heavy atom. The highest BCUT2D eigenvalue weighted by Gasteiger charge is 2.23. The van der Waals surface area contributed by atoms with Crippen LogP contribution in [-0.4, -0.2) is 25.4 Å². The number of rotatable bonds is 7. The van der Waals surface area contributed by atoms with Crippen molar-refractivity contribution < 1.29 is 14.3 Å². The Bertz CT molecular complexity index is 783. The Morgan fingerprint density at radius 1 is 0.929 bits per heavy atom. The molecule has 0 unspecified atom stereocenters. The zero-order chi connectivity index (χ0) is 19.8. The van der Waals surface area contributed by atoms with Gasteiger partial charge in [-0.25, -0.2) is 0 Å². The van der Waals surface area contributed by atoms with E-state index in [9.17, 15) is 9.59 Å². The first-order valence-corrected chi connectivity index (χ1v) is 9.96. The minimum Gasteiger partial charge on any atom is -0.457 e. The lowest BCUT2D eigenvalue weighted by atomic mass is 9.80. The van der Waals surface area contributed by atoms with E-state index < -0.39 is 0 Å². The average molecular weight is 380 g/mol. The van der Waals surface area contributed by atoms with E-state index in [1.807, 2.05) is 42.5 Å². The molecular formula is C23H28N2O3. The first-order chi connectivity index (χ1) is 13.6. The van der Waals surface area contributed by atoms with Crippen molar-refractivity contribution in [2.24, 2.45) is 11.8 Å². The molecule has 0 aromatic heterocycles. The molecule has 2 N–H and O–H groups in total. The molecule has 0 saturated heterocycles. The van der Waals surface area contributed by atoms with Gasteiger partial charge in [0, 0.05) is 25.6 Å². The Morgan fingerprint density at radius 2 is 1.61 bits per heavy atom. The number of nitrogens with one attached hydrogen (secondary N) is 2. The van der Waals surface area contributed by atoms with Crippen molar-refractivity contribution >= 4 is 11.8 Å². The van der Waals surface area contributed by atoms with Crippen LogP contribution in [0, 0.1) is 11.8 Å². The second kappa shape index (κ2) is 9.93. The lowest BCUT2D eigenvalue weighted by Crippen LogP contribution is -2.32. The number of benzene rings is 2. The Hall–Kier alpha value is -2.82. The SMILES string of the molecule is CNC(=O)CC1CCC(CNC(=O)c2cccc(Oc3ccccc3)c2)CC1. The van der Waals surface area contributed by atoms with Crippen LogP contribution >= 0.6 is 0 Å². The van der Waals surface area contributed by atoms with E-state index in [1.165, 1.54) is 0 Å². The molecule has 0 aliphatic heterocycles. The topological polar surface area (TPSA) is 67.4 Å². The average Bonchev–Trinajstić information content (AvgIpc) is 2.74. The van der Waals surface area contributed by atoms with E-state index in [0.717, 1.165) is 31.4 Å². The summed E-state index contributed by atoms with van der Waals surface area (Å²) in [4.78, 5) is 24.0. The normalized spacial score (nSPS) is 18.9. The van der Waals surface area contributed by atoms with Crippen molar-refractivity contribution in [3.63, 3.8) is 0 Å². The molecule has 5 nitrogen and oxygen atoms in total. The van der Waals surface area contributed by atoms with E-state index in [-0.39, 0.29) is 11.8 Å². The maximum atomic E-state index is 12.5. The first kappa shape index (κ1) is 19.9. The van der Waals surface area contributed by atoms with Gasteiger partial charge in [-0.05, 0) is 67.9 Å². The molecule has 1 fully saturated rings. The fourth-order valence-corrected chi connectivity index (χ4v) is 3.67. The summed E-state index contributed by atoms with van der Waals surface area (Å²) < 4.78 is 5.80. The van der Waals surface area contributed by atoms with Crippen molar-refractivity contribution in [2.75, 3.05) is 13.6 Å². The zero-order valence-corrected chi connectivity index (χ0v) is 16.3. The summed E-state index contributed by atoms with van der Waals surface area (Å²) in [6, 6.07) is 16.8. The lowest BCUT2D eigenvalue weighted by Gasteiger charge is -2.28. The number of hydrogen-bond donors (Lipinski definition) is 2. The number of ether oxygens (including phenoxy) is 1. The quantitative estimate of drug-likeness (QED) is 0.758. The Kier molecular flexibility index (Phi) is 7.06. The third kappa shape index (κ3) is 5.84. The largest absolute Gasteiger partial charge is 0.457 e. The Labute approximate surface area is 166 Å². The molecule has 0 bridgehead atoms. The summed E-state index contributed by atoms with van der Waals surface area (Å²) in [5, 5.41) is 5.75. The molecule has 1 aliphatic rings. The van der Waals surface area contributed by atoms with Crippen LogP contribution < -0.4 is 15.4 Å². The summed E-state index contributed by atoms with van der Waals surface area (Å²) in [5.74, 6) is 2.38. The van der Waals surface area contributed by atoms with E-state index in [4.69, 9.17) is 4.74 Å². The minimum atomic E-state index is -0.0778. The third-order valence-corrected chi connectivity index (χ3v) is 5.35. The van der Waals surface area contributed by atoms with Crippen LogP contribution in [0.15, 0.2) is 54.6 Å². The van der Waals surface area contributed by atoms with Gasteiger partial charge in [0.05, 0.1) is 0 Å². The molecule has 0 radical (unpaired) electrons. The maximum absolute atomic E-state index is 12.5. The van der Waals surface area contributed by atoms with Crippen LogP contribution in [0.3, 0.4) is 0 Å². The summed E-state index contributed by atoms with van der Waals surface area (Å²) in [6.45, 7) is 0.676. The summed E-state index contributed by atoms with van der Waals surface area (Å²) in [6.07, 6.45) is 4.82. The van der Waals surface area contributed by atoms with Gasteiger partial charge >= 0.3 is 0 Å². The number of carbonyl (C=O) groups is 2. The highest BCUT2D eigenvalue weighted by molar-refractivity contribution is 5.94. The second-order valence-corrected chi connectivity index (χ2v) is 7.42. The zero-order valence-electron chi connectivity index (χ0n) is 16.3. The molecule has 0 atom stereocenters. The summed E-state index contributed by atoms with van der Waals surface area (Å²) >= 11 is 0. The number of para-hydroxylation sites is 1. The number of carbonyl (C=O) groups excluding carboxylic acids is 2. The Balaban J connectivity index is 1.46. The van der Waals surface area contributed by atoms with Crippen molar-refractivity contribution in [2.45, 2.75) is 32.1 Å². The predicted molar refractivity (Wildman–Crippen MR) is 109 cm³/mol. The van der Waals surface area contributed by atoms with Gasteiger partial charge in [-0.2, -0.15) is 0 Å². The van der Waals surface area contributed by atoms with Crippen LogP contribution in [0.5, 0.6) is 11.5 Å². The highest BCUT2D eigenvalue weighted by atomic mass is 16.5. The monoisotopic (exact) mass is 380 g/mol. The predicted octanol–water partition coefficient (Wildman–Crippen LogP) is 4.15. The number of amides is 2. The van der Waals surface area contributed by atoms with Crippen molar-refractivity contribution in [3.8, 4) is 11.5 Å². The molecule has 1 aliphatic carbocycles. The molecule has 3 rings (SSSR count). The van der Waals surface area contributed by atoms with Gasteiger partial charge in [0.2, 0.25) is 5.91 Å². The molecule has 148 valence electrons. The standard InChI is InChI=1S/C23H28N2O3/c1-24-22(26)14-17-10-12-18(13-11-17)16-25-23(27)19-6-5-9-21(15-19)28-20-7-3-2-4-8-20/h2-9,15,17-18H,10-14,16H2,1H3,(H,24,26)(H,25,27). The molecule has 2 aromatic carbocycles. The van der Waals surface area contributed by atoms with E-state index >= 15 is 0 Å². The lowest BCUT2D eigenvalue weighted by molar-refractivity contribution is -0.121. The second-order valence-electron chi connectivity index (χ2n) is 7.42. The van der Waals surface area contributed by atoms with Gasteiger partial charge in [0.25, 0.3) is 5.91 Å². The van der Waals surface area contributed by atoms with Crippen LogP contribution in [-0.2, 0) is 4.79 Å². The van der Waals surface area contributed by atoms with Gasteiger partial charge in [0.15, 0.2) is 0 Å². The molecule has 28 heavy (non-hydrogen) atoms.